The first kappa shape index (κ1) is 12.2. The summed E-state index contributed by atoms with van der Waals surface area (Å²) >= 11 is 0. The SMILES string of the molecule is C=Cc1cccc(Cc2ccc(O)c(C=C)c2)c1. The van der Waals surface area contributed by atoms with Crippen LogP contribution in [0.1, 0.15) is 22.3 Å². The minimum absolute atomic E-state index is 0.272. The quantitative estimate of drug-likeness (QED) is 0.840. The Morgan fingerprint density at radius 2 is 1.72 bits per heavy atom. The second-order valence-corrected chi connectivity index (χ2v) is 4.22. The molecule has 2 aromatic rings. The zero-order valence-corrected chi connectivity index (χ0v) is 10.3. The van der Waals surface area contributed by atoms with Gasteiger partial charge in [0.15, 0.2) is 0 Å². The highest BCUT2D eigenvalue weighted by molar-refractivity contribution is 5.57. The van der Waals surface area contributed by atoms with Gasteiger partial charge in [0.25, 0.3) is 0 Å². The number of benzene rings is 2. The zero-order valence-electron chi connectivity index (χ0n) is 10.3. The molecule has 1 N–H and O–H groups in total. The molecule has 0 unspecified atom stereocenters. The molecule has 2 rings (SSSR count). The molecule has 1 heteroatoms. The van der Waals surface area contributed by atoms with Gasteiger partial charge in [0.05, 0.1) is 0 Å². The van der Waals surface area contributed by atoms with Crippen molar-refractivity contribution in [3.05, 3.63) is 77.9 Å². The molecule has 0 aliphatic heterocycles. The van der Waals surface area contributed by atoms with Crippen LogP contribution in [0.25, 0.3) is 12.2 Å². The van der Waals surface area contributed by atoms with Gasteiger partial charge in [0.2, 0.25) is 0 Å². The van der Waals surface area contributed by atoms with E-state index in [-0.39, 0.29) is 5.75 Å². The van der Waals surface area contributed by atoms with Gasteiger partial charge in [0.1, 0.15) is 5.75 Å². The maximum Gasteiger partial charge on any atom is 0.122 e. The van der Waals surface area contributed by atoms with Gasteiger partial charge in [-0.15, -0.1) is 0 Å². The van der Waals surface area contributed by atoms with Crippen molar-refractivity contribution in [2.24, 2.45) is 0 Å². The lowest BCUT2D eigenvalue weighted by molar-refractivity contribution is 0.474. The van der Waals surface area contributed by atoms with Gasteiger partial charge >= 0.3 is 0 Å². The summed E-state index contributed by atoms with van der Waals surface area (Å²) < 4.78 is 0. The Hall–Kier alpha value is -2.28. The third-order valence-corrected chi connectivity index (χ3v) is 2.91. The molecule has 18 heavy (non-hydrogen) atoms. The number of hydrogen-bond acceptors (Lipinski definition) is 1. The summed E-state index contributed by atoms with van der Waals surface area (Å²) in [5.41, 5.74) is 4.28. The normalized spacial score (nSPS) is 10.0. The first-order valence-corrected chi connectivity index (χ1v) is 5.88. The van der Waals surface area contributed by atoms with E-state index in [1.165, 1.54) is 5.56 Å². The van der Waals surface area contributed by atoms with Crippen molar-refractivity contribution in [3.8, 4) is 5.75 Å². The standard InChI is InChI=1S/C17H16O/c1-3-13-6-5-7-14(10-13)11-15-8-9-17(18)16(4-2)12-15/h3-10,12,18H,1-2,11H2. The van der Waals surface area contributed by atoms with Crippen molar-refractivity contribution < 1.29 is 5.11 Å². The fourth-order valence-electron chi connectivity index (χ4n) is 1.94. The number of hydrogen-bond donors (Lipinski definition) is 1. The van der Waals surface area contributed by atoms with E-state index in [0.717, 1.165) is 23.1 Å². The van der Waals surface area contributed by atoms with Crippen molar-refractivity contribution in [1.82, 2.24) is 0 Å². The lowest BCUT2D eigenvalue weighted by atomic mass is 10.0. The van der Waals surface area contributed by atoms with Crippen LogP contribution in [0.15, 0.2) is 55.6 Å². The molecule has 0 aliphatic carbocycles. The summed E-state index contributed by atoms with van der Waals surface area (Å²) in [5.74, 6) is 0.272. The van der Waals surface area contributed by atoms with Gasteiger partial charge in [-0.05, 0) is 35.2 Å². The Morgan fingerprint density at radius 3 is 2.44 bits per heavy atom. The highest BCUT2D eigenvalue weighted by Gasteiger charge is 2.01. The molecule has 0 bridgehead atoms. The molecule has 0 aliphatic rings. The highest BCUT2D eigenvalue weighted by Crippen LogP contribution is 2.21. The molecule has 0 aromatic heterocycles. The molecule has 2 aromatic carbocycles. The lowest BCUT2D eigenvalue weighted by Gasteiger charge is -2.06. The summed E-state index contributed by atoms with van der Waals surface area (Å²) in [6, 6.07) is 13.9. The van der Waals surface area contributed by atoms with Crippen LogP contribution < -0.4 is 0 Å². The Balaban J connectivity index is 2.27. The van der Waals surface area contributed by atoms with Crippen LogP contribution in [0, 0.1) is 0 Å². The minimum atomic E-state index is 0.272. The first-order valence-electron chi connectivity index (χ1n) is 5.88. The predicted octanol–water partition coefficient (Wildman–Crippen LogP) is 4.27. The summed E-state index contributed by atoms with van der Waals surface area (Å²) in [7, 11) is 0. The van der Waals surface area contributed by atoms with Gasteiger partial charge in [0, 0.05) is 5.56 Å². The summed E-state index contributed by atoms with van der Waals surface area (Å²) in [4.78, 5) is 0. The molecule has 0 spiro atoms. The molecule has 0 saturated carbocycles. The Labute approximate surface area is 108 Å². The zero-order chi connectivity index (χ0) is 13.0. The maximum absolute atomic E-state index is 9.60. The lowest BCUT2D eigenvalue weighted by Crippen LogP contribution is -1.89. The molecule has 0 heterocycles. The van der Waals surface area contributed by atoms with Crippen LogP contribution >= 0.6 is 0 Å². The van der Waals surface area contributed by atoms with Crippen LogP contribution in [0.4, 0.5) is 0 Å². The fraction of sp³-hybridized carbons (Fsp3) is 0.0588. The number of phenols is 1. The van der Waals surface area contributed by atoms with Crippen LogP contribution in [0.2, 0.25) is 0 Å². The minimum Gasteiger partial charge on any atom is -0.507 e. The molecular formula is C17H16O. The van der Waals surface area contributed by atoms with E-state index in [1.807, 2.05) is 30.3 Å². The van der Waals surface area contributed by atoms with Gasteiger partial charge in [-0.2, -0.15) is 0 Å². The molecule has 0 radical (unpaired) electrons. The second kappa shape index (κ2) is 5.37. The van der Waals surface area contributed by atoms with E-state index in [1.54, 1.807) is 12.1 Å². The van der Waals surface area contributed by atoms with E-state index in [0.29, 0.717) is 0 Å². The van der Waals surface area contributed by atoms with Gasteiger partial charge in [-0.3, -0.25) is 0 Å². The van der Waals surface area contributed by atoms with Crippen molar-refractivity contribution >= 4 is 12.2 Å². The Kier molecular flexibility index (Phi) is 3.63. The maximum atomic E-state index is 9.60. The smallest absolute Gasteiger partial charge is 0.122 e. The largest absolute Gasteiger partial charge is 0.507 e. The average Bonchev–Trinajstić information content (AvgIpc) is 2.41. The number of phenolic OH excluding ortho intramolecular Hbond substituents is 1. The highest BCUT2D eigenvalue weighted by atomic mass is 16.3. The van der Waals surface area contributed by atoms with Crippen molar-refractivity contribution in [3.63, 3.8) is 0 Å². The molecular weight excluding hydrogens is 220 g/mol. The van der Waals surface area contributed by atoms with E-state index in [4.69, 9.17) is 0 Å². The van der Waals surface area contributed by atoms with Crippen LogP contribution in [0.5, 0.6) is 5.75 Å². The fourth-order valence-corrected chi connectivity index (χ4v) is 1.94. The van der Waals surface area contributed by atoms with E-state index in [9.17, 15) is 5.11 Å². The second-order valence-electron chi connectivity index (χ2n) is 4.22. The van der Waals surface area contributed by atoms with Crippen LogP contribution in [-0.2, 0) is 6.42 Å². The monoisotopic (exact) mass is 236 g/mol. The van der Waals surface area contributed by atoms with Crippen molar-refractivity contribution in [1.29, 1.82) is 0 Å². The predicted molar refractivity (Wildman–Crippen MR) is 77.5 cm³/mol. The Morgan fingerprint density at radius 1 is 0.944 bits per heavy atom. The van der Waals surface area contributed by atoms with Crippen LogP contribution in [-0.4, -0.2) is 5.11 Å². The summed E-state index contributed by atoms with van der Waals surface area (Å²) in [6.07, 6.45) is 4.34. The van der Waals surface area contributed by atoms with Gasteiger partial charge in [-0.1, -0.05) is 55.6 Å². The average molecular weight is 236 g/mol. The number of aromatic hydroxyl groups is 1. The topological polar surface area (TPSA) is 20.2 Å². The third kappa shape index (κ3) is 2.69. The van der Waals surface area contributed by atoms with Crippen molar-refractivity contribution in [2.75, 3.05) is 0 Å². The van der Waals surface area contributed by atoms with Crippen LogP contribution in [0.3, 0.4) is 0 Å². The Bertz CT molecular complexity index is 582. The first-order chi connectivity index (χ1) is 8.72. The van der Waals surface area contributed by atoms with Gasteiger partial charge in [-0.25, -0.2) is 0 Å². The summed E-state index contributed by atoms with van der Waals surface area (Å²) in [6.45, 7) is 7.47. The number of rotatable bonds is 4. The summed E-state index contributed by atoms with van der Waals surface area (Å²) in [5, 5.41) is 9.60. The molecule has 90 valence electrons. The van der Waals surface area contributed by atoms with E-state index in [2.05, 4.69) is 25.3 Å². The third-order valence-electron chi connectivity index (χ3n) is 2.91. The molecule has 0 fully saturated rings. The van der Waals surface area contributed by atoms with Crippen molar-refractivity contribution in [2.45, 2.75) is 6.42 Å². The van der Waals surface area contributed by atoms with E-state index >= 15 is 0 Å². The van der Waals surface area contributed by atoms with Gasteiger partial charge < -0.3 is 5.11 Å². The molecule has 0 amide bonds. The van der Waals surface area contributed by atoms with E-state index < -0.39 is 0 Å². The molecule has 1 nitrogen and oxygen atoms in total. The molecule has 0 saturated heterocycles. The molecule has 0 atom stereocenters.